The highest BCUT2D eigenvalue weighted by Crippen LogP contribution is 2.67. The van der Waals surface area contributed by atoms with Crippen LogP contribution in [0.1, 0.15) is 92.4 Å². The molecule has 0 aromatic rings. The number of hydrogen-bond donors (Lipinski definition) is 0. The third kappa shape index (κ3) is 2.98. The lowest BCUT2D eigenvalue weighted by Gasteiger charge is -2.59. The highest BCUT2D eigenvalue weighted by atomic mass is 16.6. The Morgan fingerprint density at radius 1 is 1.00 bits per heavy atom. The van der Waals surface area contributed by atoms with E-state index in [1.165, 1.54) is 38.5 Å². The number of ketones is 1. The number of allylic oxidation sites excluding steroid dienone is 1. The van der Waals surface area contributed by atoms with Crippen molar-refractivity contribution in [1.29, 1.82) is 0 Å². The second kappa shape index (κ2) is 6.61. The van der Waals surface area contributed by atoms with Gasteiger partial charge >= 0.3 is 7.12 Å². The van der Waals surface area contributed by atoms with Crippen molar-refractivity contribution in [1.82, 2.24) is 0 Å². The fourth-order valence-corrected chi connectivity index (χ4v) is 8.25. The Morgan fingerprint density at radius 3 is 2.52 bits per heavy atom. The van der Waals surface area contributed by atoms with Crippen molar-refractivity contribution in [3.05, 3.63) is 11.3 Å². The zero-order valence-corrected chi connectivity index (χ0v) is 19.2. The zero-order chi connectivity index (χ0) is 20.6. The molecule has 1 saturated heterocycles. The maximum atomic E-state index is 12.1. The SMILES string of the molecule is CC(C)(C)B1OC/C(=C2/CCC3C4CCC5CC(=O)CCC5(C)C4CCC23C)O1. The molecule has 6 unspecified atom stereocenters. The van der Waals surface area contributed by atoms with Crippen LogP contribution in [0.25, 0.3) is 0 Å². The summed E-state index contributed by atoms with van der Waals surface area (Å²) in [5.41, 5.74) is 2.28. The van der Waals surface area contributed by atoms with Crippen molar-refractivity contribution in [2.45, 2.75) is 97.7 Å². The van der Waals surface area contributed by atoms with E-state index in [4.69, 9.17) is 9.31 Å². The molecule has 1 aliphatic heterocycles. The topological polar surface area (TPSA) is 35.5 Å². The van der Waals surface area contributed by atoms with Crippen molar-refractivity contribution >= 4 is 12.9 Å². The Labute approximate surface area is 177 Å². The van der Waals surface area contributed by atoms with Crippen LogP contribution in [0.4, 0.5) is 0 Å². The van der Waals surface area contributed by atoms with Crippen molar-refractivity contribution in [3.8, 4) is 0 Å². The van der Waals surface area contributed by atoms with Crippen molar-refractivity contribution < 1.29 is 14.1 Å². The lowest BCUT2D eigenvalue weighted by molar-refractivity contribution is -0.136. The molecular weight excluding hydrogens is 359 g/mol. The summed E-state index contributed by atoms with van der Waals surface area (Å²) >= 11 is 0. The van der Waals surface area contributed by atoms with E-state index in [-0.39, 0.29) is 12.4 Å². The Balaban J connectivity index is 1.41. The molecule has 0 aromatic carbocycles. The average molecular weight is 398 g/mol. The van der Waals surface area contributed by atoms with Gasteiger partial charge in [-0.05, 0) is 85.0 Å². The van der Waals surface area contributed by atoms with E-state index in [2.05, 4.69) is 34.6 Å². The van der Waals surface area contributed by atoms with Gasteiger partial charge in [0, 0.05) is 18.2 Å². The van der Waals surface area contributed by atoms with Gasteiger partial charge < -0.3 is 9.31 Å². The lowest BCUT2D eigenvalue weighted by Crippen LogP contribution is -2.53. The summed E-state index contributed by atoms with van der Waals surface area (Å²) in [6.45, 7) is 12.3. The number of carbonyl (C=O) groups is 1. The molecule has 0 amide bonds. The summed E-state index contributed by atoms with van der Waals surface area (Å²) in [6.07, 6.45) is 10.6. The summed E-state index contributed by atoms with van der Waals surface area (Å²) in [6, 6.07) is 0. The summed E-state index contributed by atoms with van der Waals surface area (Å²) < 4.78 is 12.5. The molecule has 0 bridgehead atoms. The first-order chi connectivity index (χ1) is 13.6. The number of rotatable bonds is 0. The Hall–Kier alpha value is -0.765. The van der Waals surface area contributed by atoms with Gasteiger partial charge in [0.2, 0.25) is 0 Å². The maximum Gasteiger partial charge on any atom is 0.531 e. The minimum absolute atomic E-state index is 0.0181. The van der Waals surface area contributed by atoms with Crippen LogP contribution in [0.2, 0.25) is 5.31 Å². The molecule has 5 fully saturated rings. The molecule has 29 heavy (non-hydrogen) atoms. The highest BCUT2D eigenvalue weighted by molar-refractivity contribution is 6.49. The van der Waals surface area contributed by atoms with E-state index in [9.17, 15) is 4.79 Å². The van der Waals surface area contributed by atoms with E-state index in [1.54, 1.807) is 5.57 Å². The van der Waals surface area contributed by atoms with E-state index in [0.717, 1.165) is 42.8 Å². The van der Waals surface area contributed by atoms with Gasteiger partial charge in [0.15, 0.2) is 0 Å². The second-order valence-electron chi connectivity index (χ2n) is 12.4. The highest BCUT2D eigenvalue weighted by Gasteiger charge is 2.60. The number of carbonyl (C=O) groups excluding carboxylic acids is 1. The van der Waals surface area contributed by atoms with E-state index in [0.29, 0.717) is 29.1 Å². The van der Waals surface area contributed by atoms with Crippen LogP contribution in [0, 0.1) is 34.5 Å². The molecule has 4 saturated carbocycles. The fourth-order valence-electron chi connectivity index (χ4n) is 8.25. The molecule has 5 aliphatic rings. The molecule has 4 aliphatic carbocycles. The predicted octanol–water partition coefficient (Wildman–Crippen LogP) is 6.19. The molecule has 4 heteroatoms. The van der Waals surface area contributed by atoms with Gasteiger partial charge in [-0.15, -0.1) is 0 Å². The van der Waals surface area contributed by atoms with Gasteiger partial charge in [-0.25, -0.2) is 0 Å². The molecule has 0 radical (unpaired) electrons. The molecule has 1 heterocycles. The average Bonchev–Trinajstić information content (AvgIpc) is 3.26. The number of hydrogen-bond acceptors (Lipinski definition) is 3. The van der Waals surface area contributed by atoms with Crippen LogP contribution in [-0.4, -0.2) is 19.5 Å². The van der Waals surface area contributed by atoms with Gasteiger partial charge in [0.05, 0.1) is 6.61 Å². The minimum Gasteiger partial charge on any atom is -0.537 e. The standard InChI is InChI=1S/C25H39BO3/c1-23(2,3)26-28-15-22(29-26)21-9-8-19-18-7-6-16-14-17(27)10-12-24(16,4)20(18)11-13-25(19,21)5/h16,18-20H,6-15H2,1-5H3/b22-21+. The minimum atomic E-state index is -0.113. The first-order valence-corrected chi connectivity index (χ1v) is 12.2. The summed E-state index contributed by atoms with van der Waals surface area (Å²) in [5.74, 6) is 4.77. The van der Waals surface area contributed by atoms with Crippen LogP contribution in [-0.2, 0) is 14.1 Å². The third-order valence-electron chi connectivity index (χ3n) is 9.92. The molecular formula is C25H39BO3. The Kier molecular flexibility index (Phi) is 4.60. The summed E-state index contributed by atoms with van der Waals surface area (Å²) in [5, 5.41) is 0.0181. The lowest BCUT2D eigenvalue weighted by atomic mass is 9.45. The van der Waals surface area contributed by atoms with E-state index in [1.807, 2.05) is 0 Å². The van der Waals surface area contributed by atoms with Crippen LogP contribution in [0.15, 0.2) is 11.3 Å². The molecule has 6 atom stereocenters. The van der Waals surface area contributed by atoms with Gasteiger partial charge in [0.1, 0.15) is 11.5 Å². The van der Waals surface area contributed by atoms with Crippen molar-refractivity contribution in [2.24, 2.45) is 34.5 Å². The molecule has 0 spiro atoms. The molecule has 0 N–H and O–H groups in total. The first-order valence-electron chi connectivity index (χ1n) is 12.2. The smallest absolute Gasteiger partial charge is 0.531 e. The van der Waals surface area contributed by atoms with Gasteiger partial charge in [-0.1, -0.05) is 34.6 Å². The third-order valence-corrected chi connectivity index (χ3v) is 9.92. The largest absolute Gasteiger partial charge is 0.537 e. The van der Waals surface area contributed by atoms with Crippen molar-refractivity contribution in [2.75, 3.05) is 6.61 Å². The van der Waals surface area contributed by atoms with Crippen LogP contribution >= 0.6 is 0 Å². The normalized spacial score (nSPS) is 47.5. The van der Waals surface area contributed by atoms with Gasteiger partial charge in [-0.2, -0.15) is 0 Å². The first kappa shape index (κ1) is 20.2. The quantitative estimate of drug-likeness (QED) is 0.457. The van der Waals surface area contributed by atoms with Crippen LogP contribution < -0.4 is 0 Å². The predicted molar refractivity (Wildman–Crippen MR) is 116 cm³/mol. The van der Waals surface area contributed by atoms with Gasteiger partial charge in [-0.3, -0.25) is 4.79 Å². The van der Waals surface area contributed by atoms with Crippen LogP contribution in [0.3, 0.4) is 0 Å². The molecule has 0 aromatic heterocycles. The number of fused-ring (bicyclic) bond motifs is 5. The zero-order valence-electron chi connectivity index (χ0n) is 19.2. The Bertz CT molecular complexity index is 737. The van der Waals surface area contributed by atoms with Gasteiger partial charge in [0.25, 0.3) is 0 Å². The van der Waals surface area contributed by atoms with Crippen molar-refractivity contribution in [3.63, 3.8) is 0 Å². The maximum absolute atomic E-state index is 12.1. The summed E-state index contributed by atoms with van der Waals surface area (Å²) in [4.78, 5) is 12.1. The van der Waals surface area contributed by atoms with E-state index < -0.39 is 0 Å². The van der Waals surface area contributed by atoms with E-state index >= 15 is 0 Å². The number of Topliss-reactive ketones (excluding diaryl/α,β-unsaturated/α-hetero) is 1. The monoisotopic (exact) mass is 398 g/mol. The second-order valence-corrected chi connectivity index (χ2v) is 12.4. The fraction of sp³-hybridized carbons (Fsp3) is 0.880. The molecule has 160 valence electrons. The molecule has 5 rings (SSSR count). The Morgan fingerprint density at radius 2 is 1.79 bits per heavy atom. The summed E-state index contributed by atoms with van der Waals surface area (Å²) in [7, 11) is -0.113. The molecule has 3 nitrogen and oxygen atoms in total. The van der Waals surface area contributed by atoms with Crippen LogP contribution in [0.5, 0.6) is 0 Å².